The Morgan fingerprint density at radius 3 is 3.00 bits per heavy atom. The molecule has 0 unspecified atom stereocenters. The van der Waals surface area contributed by atoms with Crippen LogP contribution in [0.2, 0.25) is 5.02 Å². The molecule has 0 fully saturated rings. The summed E-state index contributed by atoms with van der Waals surface area (Å²) in [4.78, 5) is 0. The van der Waals surface area contributed by atoms with Gasteiger partial charge in [0, 0.05) is 0 Å². The minimum absolute atomic E-state index is 0.673. The van der Waals surface area contributed by atoms with Crippen LogP contribution in [0.3, 0.4) is 0 Å². The van der Waals surface area contributed by atoms with Crippen molar-refractivity contribution in [2.75, 3.05) is 6.54 Å². The molecule has 0 saturated carbocycles. The van der Waals surface area contributed by atoms with Crippen molar-refractivity contribution in [3.8, 4) is 0 Å². The first-order valence-electron chi connectivity index (χ1n) is 4.17. The second kappa shape index (κ2) is 3.66. The lowest BCUT2D eigenvalue weighted by Gasteiger charge is -2.00. The molecule has 0 radical (unpaired) electrons. The maximum absolute atomic E-state index is 6.11. The highest BCUT2D eigenvalue weighted by Crippen LogP contribution is 2.30. The van der Waals surface area contributed by atoms with E-state index in [0.29, 0.717) is 6.54 Å². The lowest BCUT2D eigenvalue weighted by molar-refractivity contribution is 0.971. The summed E-state index contributed by atoms with van der Waals surface area (Å²) in [7, 11) is 0. The van der Waals surface area contributed by atoms with Crippen LogP contribution in [0.1, 0.15) is 5.56 Å². The molecule has 0 aliphatic heterocycles. The monoisotopic (exact) mass is 211 g/mol. The number of halogens is 1. The first-order valence-corrected chi connectivity index (χ1v) is 5.42. The lowest BCUT2D eigenvalue weighted by Crippen LogP contribution is -2.02. The number of fused-ring (bicyclic) bond motifs is 1. The van der Waals surface area contributed by atoms with Crippen LogP contribution < -0.4 is 5.73 Å². The van der Waals surface area contributed by atoms with Crippen molar-refractivity contribution in [1.82, 2.24) is 0 Å². The molecular formula is C10H10ClNS. The summed E-state index contributed by atoms with van der Waals surface area (Å²) in [6, 6.07) is 6.25. The van der Waals surface area contributed by atoms with E-state index in [9.17, 15) is 0 Å². The molecule has 0 saturated heterocycles. The summed E-state index contributed by atoms with van der Waals surface area (Å²) < 4.78 is 1.17. The second-order valence-corrected chi connectivity index (χ2v) is 4.28. The SMILES string of the molecule is NCCc1cc(Cl)c2sccc2c1. The average molecular weight is 212 g/mol. The third-order valence-corrected chi connectivity index (χ3v) is 3.37. The molecule has 1 nitrogen and oxygen atoms in total. The van der Waals surface area contributed by atoms with Gasteiger partial charge in [-0.15, -0.1) is 11.3 Å². The largest absolute Gasteiger partial charge is 0.330 e. The smallest absolute Gasteiger partial charge is 0.0587 e. The molecule has 0 aliphatic rings. The zero-order chi connectivity index (χ0) is 9.26. The van der Waals surface area contributed by atoms with Gasteiger partial charge in [-0.1, -0.05) is 17.7 Å². The van der Waals surface area contributed by atoms with Crippen molar-refractivity contribution < 1.29 is 0 Å². The molecule has 1 aromatic carbocycles. The Kier molecular flexibility index (Phi) is 2.54. The third kappa shape index (κ3) is 1.70. The van der Waals surface area contributed by atoms with E-state index in [1.807, 2.05) is 6.07 Å². The number of hydrogen-bond acceptors (Lipinski definition) is 2. The van der Waals surface area contributed by atoms with Crippen LogP contribution in [0.4, 0.5) is 0 Å². The predicted octanol–water partition coefficient (Wildman–Crippen LogP) is 3.06. The van der Waals surface area contributed by atoms with Gasteiger partial charge in [0.05, 0.1) is 9.72 Å². The molecule has 13 heavy (non-hydrogen) atoms. The molecule has 1 aromatic heterocycles. The summed E-state index contributed by atoms with van der Waals surface area (Å²) in [6.07, 6.45) is 0.894. The average Bonchev–Trinajstić information content (AvgIpc) is 2.53. The first-order chi connectivity index (χ1) is 6.31. The van der Waals surface area contributed by atoms with Crippen LogP contribution in [0.5, 0.6) is 0 Å². The Morgan fingerprint density at radius 1 is 1.38 bits per heavy atom. The topological polar surface area (TPSA) is 26.0 Å². The maximum atomic E-state index is 6.11. The van der Waals surface area contributed by atoms with Gasteiger partial charge in [-0.2, -0.15) is 0 Å². The predicted molar refractivity (Wildman–Crippen MR) is 59.6 cm³/mol. The highest BCUT2D eigenvalue weighted by atomic mass is 35.5. The fourth-order valence-electron chi connectivity index (χ4n) is 1.41. The molecule has 0 amide bonds. The summed E-state index contributed by atoms with van der Waals surface area (Å²) in [5, 5.41) is 4.12. The van der Waals surface area contributed by atoms with Gasteiger partial charge < -0.3 is 5.73 Å². The van der Waals surface area contributed by atoms with E-state index in [0.717, 1.165) is 11.4 Å². The molecule has 0 aliphatic carbocycles. The van der Waals surface area contributed by atoms with Gasteiger partial charge in [0.1, 0.15) is 0 Å². The van der Waals surface area contributed by atoms with E-state index in [2.05, 4.69) is 17.5 Å². The highest BCUT2D eigenvalue weighted by molar-refractivity contribution is 7.17. The van der Waals surface area contributed by atoms with E-state index in [4.69, 9.17) is 17.3 Å². The van der Waals surface area contributed by atoms with Crippen molar-refractivity contribution in [3.63, 3.8) is 0 Å². The molecular weight excluding hydrogens is 202 g/mol. The van der Waals surface area contributed by atoms with Crippen LogP contribution in [-0.4, -0.2) is 6.54 Å². The fourth-order valence-corrected chi connectivity index (χ4v) is 2.58. The Labute approximate surface area is 86.1 Å². The van der Waals surface area contributed by atoms with Gasteiger partial charge in [-0.25, -0.2) is 0 Å². The number of benzene rings is 1. The maximum Gasteiger partial charge on any atom is 0.0587 e. The molecule has 0 bridgehead atoms. The molecule has 68 valence electrons. The van der Waals surface area contributed by atoms with Crippen LogP contribution in [0.25, 0.3) is 10.1 Å². The number of nitrogens with two attached hydrogens (primary N) is 1. The van der Waals surface area contributed by atoms with Crippen LogP contribution in [0.15, 0.2) is 23.6 Å². The van der Waals surface area contributed by atoms with Gasteiger partial charge >= 0.3 is 0 Å². The van der Waals surface area contributed by atoms with Crippen LogP contribution in [0, 0.1) is 0 Å². The minimum Gasteiger partial charge on any atom is -0.330 e. The Balaban J connectivity index is 2.56. The first kappa shape index (κ1) is 9.00. The molecule has 0 spiro atoms. The van der Waals surface area contributed by atoms with Crippen LogP contribution >= 0.6 is 22.9 Å². The molecule has 1 heterocycles. The van der Waals surface area contributed by atoms with E-state index in [1.54, 1.807) is 11.3 Å². The quantitative estimate of drug-likeness (QED) is 0.812. The molecule has 0 atom stereocenters. The van der Waals surface area contributed by atoms with E-state index < -0.39 is 0 Å². The molecule has 3 heteroatoms. The summed E-state index contributed by atoms with van der Waals surface area (Å²) >= 11 is 7.79. The Bertz CT molecular complexity index is 422. The van der Waals surface area contributed by atoms with E-state index in [1.165, 1.54) is 15.6 Å². The van der Waals surface area contributed by atoms with Gasteiger partial charge in [-0.05, 0) is 41.4 Å². The number of hydrogen-bond donors (Lipinski definition) is 1. The van der Waals surface area contributed by atoms with Crippen molar-refractivity contribution in [2.45, 2.75) is 6.42 Å². The summed E-state index contributed by atoms with van der Waals surface area (Å²) in [6.45, 7) is 0.673. The van der Waals surface area contributed by atoms with Gasteiger partial charge in [0.2, 0.25) is 0 Å². The minimum atomic E-state index is 0.673. The van der Waals surface area contributed by atoms with Crippen molar-refractivity contribution >= 4 is 33.0 Å². The number of rotatable bonds is 2. The number of thiophene rings is 1. The Morgan fingerprint density at radius 2 is 2.23 bits per heavy atom. The van der Waals surface area contributed by atoms with E-state index in [-0.39, 0.29) is 0 Å². The second-order valence-electron chi connectivity index (χ2n) is 2.96. The molecule has 2 rings (SSSR count). The summed E-state index contributed by atoms with van der Waals surface area (Å²) in [5.74, 6) is 0. The zero-order valence-electron chi connectivity index (χ0n) is 7.09. The van der Waals surface area contributed by atoms with Gasteiger partial charge in [0.25, 0.3) is 0 Å². The van der Waals surface area contributed by atoms with Crippen molar-refractivity contribution in [2.24, 2.45) is 5.73 Å². The molecule has 2 N–H and O–H groups in total. The van der Waals surface area contributed by atoms with Crippen LogP contribution in [-0.2, 0) is 6.42 Å². The van der Waals surface area contributed by atoms with Gasteiger partial charge in [0.15, 0.2) is 0 Å². The standard InChI is InChI=1S/C10H10ClNS/c11-9-6-7(1-3-12)5-8-2-4-13-10(8)9/h2,4-6H,1,3,12H2. The lowest BCUT2D eigenvalue weighted by atomic mass is 10.1. The third-order valence-electron chi connectivity index (χ3n) is 2.00. The molecule has 2 aromatic rings. The van der Waals surface area contributed by atoms with E-state index >= 15 is 0 Å². The van der Waals surface area contributed by atoms with Crippen molar-refractivity contribution in [1.29, 1.82) is 0 Å². The zero-order valence-corrected chi connectivity index (χ0v) is 8.66. The Hall–Kier alpha value is -0.570. The summed E-state index contributed by atoms with van der Waals surface area (Å²) in [5.41, 5.74) is 6.71. The normalized spacial score (nSPS) is 10.9. The van der Waals surface area contributed by atoms with Gasteiger partial charge in [-0.3, -0.25) is 0 Å². The van der Waals surface area contributed by atoms with Crippen molar-refractivity contribution in [3.05, 3.63) is 34.2 Å². The highest BCUT2D eigenvalue weighted by Gasteiger charge is 2.02. The fraction of sp³-hybridized carbons (Fsp3) is 0.200.